The smallest absolute Gasteiger partial charge is 0.348 e. The lowest BCUT2D eigenvalue weighted by atomic mass is 9.77. The Bertz CT molecular complexity index is 394. The fraction of sp³-hybridized carbons (Fsp3) is 0.714. The minimum Gasteiger partial charge on any atom is -0.465 e. The predicted octanol–water partition coefficient (Wildman–Crippen LogP) is 2.49. The van der Waals surface area contributed by atoms with E-state index in [1.165, 1.54) is 26.4 Å². The van der Waals surface area contributed by atoms with E-state index in [1.54, 1.807) is 0 Å². The van der Waals surface area contributed by atoms with Gasteiger partial charge in [-0.3, -0.25) is 0 Å². The number of esters is 1. The van der Waals surface area contributed by atoms with Gasteiger partial charge in [0.05, 0.1) is 19.3 Å². The second-order valence-electron chi connectivity index (χ2n) is 5.10. The Morgan fingerprint density at radius 2 is 2.11 bits per heavy atom. The van der Waals surface area contributed by atoms with E-state index >= 15 is 0 Å². The highest BCUT2D eigenvalue weighted by Gasteiger charge is 2.38. The quantitative estimate of drug-likeness (QED) is 0.407. The molecule has 1 saturated carbocycles. The summed E-state index contributed by atoms with van der Waals surface area (Å²) in [7, 11) is 1.32. The molecule has 1 heterocycles. The van der Waals surface area contributed by atoms with E-state index in [0.717, 1.165) is 18.4 Å². The van der Waals surface area contributed by atoms with Crippen LogP contribution in [0.5, 0.6) is 0 Å². The zero-order valence-corrected chi connectivity index (χ0v) is 10.8. The highest BCUT2D eigenvalue weighted by atomic mass is 16.5. The van der Waals surface area contributed by atoms with Crippen LogP contribution in [0.15, 0.2) is 11.1 Å². The fourth-order valence-electron chi connectivity index (χ4n) is 3.02. The number of methoxy groups -OCH3 is 1. The van der Waals surface area contributed by atoms with E-state index in [-0.39, 0.29) is 11.2 Å². The Labute approximate surface area is 108 Å². The summed E-state index contributed by atoms with van der Waals surface area (Å²) in [5, 5.41) is 9.12. The summed E-state index contributed by atoms with van der Waals surface area (Å²) >= 11 is 0. The van der Waals surface area contributed by atoms with Gasteiger partial charge in [-0.1, -0.05) is 19.3 Å². The summed E-state index contributed by atoms with van der Waals surface area (Å²) in [5.74, 6) is -0.514. The Morgan fingerprint density at radius 1 is 1.39 bits per heavy atom. The second kappa shape index (κ2) is 5.53. The zero-order valence-electron chi connectivity index (χ0n) is 10.8. The van der Waals surface area contributed by atoms with Crippen molar-refractivity contribution in [1.82, 2.24) is 0 Å². The maximum absolute atomic E-state index is 11.6. The highest BCUT2D eigenvalue weighted by molar-refractivity contribution is 5.93. The Balaban J connectivity index is 2.21. The minimum absolute atomic E-state index is 0.123. The lowest BCUT2D eigenvalue weighted by Crippen LogP contribution is -2.39. The molecule has 2 aliphatic rings. The van der Waals surface area contributed by atoms with Gasteiger partial charge in [-0.05, 0) is 31.3 Å². The van der Waals surface area contributed by atoms with Crippen molar-refractivity contribution < 1.29 is 14.3 Å². The molecule has 0 unspecified atom stereocenters. The Hall–Kier alpha value is -1.34. The zero-order chi connectivity index (χ0) is 13.0. The van der Waals surface area contributed by atoms with Crippen LogP contribution in [0, 0.1) is 11.3 Å². The highest BCUT2D eigenvalue weighted by Crippen LogP contribution is 2.41. The summed E-state index contributed by atoms with van der Waals surface area (Å²) in [6.45, 7) is 0.609. The van der Waals surface area contributed by atoms with E-state index in [9.17, 15) is 4.79 Å². The summed E-state index contributed by atoms with van der Waals surface area (Å²) in [6, 6.07) is 1.99. The first-order chi connectivity index (χ1) is 8.71. The van der Waals surface area contributed by atoms with Crippen LogP contribution in [0.3, 0.4) is 0 Å². The normalized spacial score (nSPS) is 25.3. The van der Waals surface area contributed by atoms with Crippen molar-refractivity contribution in [2.75, 3.05) is 13.7 Å². The molecule has 0 aromatic heterocycles. The van der Waals surface area contributed by atoms with Crippen LogP contribution in [0.1, 0.15) is 44.9 Å². The summed E-state index contributed by atoms with van der Waals surface area (Å²) in [6.07, 6.45) is 7.06. The number of rotatable bonds is 1. The maximum Gasteiger partial charge on any atom is 0.348 e. The van der Waals surface area contributed by atoms with Gasteiger partial charge < -0.3 is 9.47 Å². The number of nitrogens with zero attached hydrogens (tertiary/aromatic N) is 1. The van der Waals surface area contributed by atoms with Gasteiger partial charge in [0.2, 0.25) is 0 Å². The van der Waals surface area contributed by atoms with E-state index in [1.807, 2.05) is 6.07 Å². The van der Waals surface area contributed by atoms with Gasteiger partial charge >= 0.3 is 5.97 Å². The lowest BCUT2D eigenvalue weighted by molar-refractivity contribution is -0.135. The van der Waals surface area contributed by atoms with E-state index < -0.39 is 5.97 Å². The van der Waals surface area contributed by atoms with Gasteiger partial charge in [0, 0.05) is 0 Å². The first kappa shape index (κ1) is 13.1. The van der Waals surface area contributed by atoms with Crippen molar-refractivity contribution in [3.05, 3.63) is 11.1 Å². The third-order valence-corrected chi connectivity index (χ3v) is 3.97. The molecule has 0 amide bonds. The minimum atomic E-state index is -0.514. The Morgan fingerprint density at radius 3 is 2.72 bits per heavy atom. The molecule has 98 valence electrons. The van der Waals surface area contributed by atoms with Gasteiger partial charge in [-0.25, -0.2) is 4.79 Å². The van der Waals surface area contributed by atoms with Crippen LogP contribution in [0.4, 0.5) is 0 Å². The molecule has 0 aromatic rings. The van der Waals surface area contributed by atoms with Crippen LogP contribution in [-0.4, -0.2) is 25.3 Å². The number of nitriles is 1. The third-order valence-electron chi connectivity index (χ3n) is 3.97. The number of ether oxygens (including phenoxy) is 2. The molecular weight excluding hydrogens is 230 g/mol. The van der Waals surface area contributed by atoms with Crippen LogP contribution >= 0.6 is 0 Å². The van der Waals surface area contributed by atoms with Crippen molar-refractivity contribution in [2.24, 2.45) is 0 Å². The van der Waals surface area contributed by atoms with E-state index in [2.05, 4.69) is 4.74 Å². The molecule has 4 nitrogen and oxygen atoms in total. The van der Waals surface area contributed by atoms with Gasteiger partial charge in [0.25, 0.3) is 0 Å². The standard InChI is InChI=1S/C14H19NO3/c1-17-13(16)12(10-15)11-5-8-18-14(9-11)6-3-2-4-7-14/h2-9H2,1H3/b12-11-. The van der Waals surface area contributed by atoms with Gasteiger partial charge in [-0.15, -0.1) is 0 Å². The first-order valence-electron chi connectivity index (χ1n) is 6.55. The maximum atomic E-state index is 11.6. The van der Waals surface area contributed by atoms with Crippen LogP contribution < -0.4 is 0 Å². The molecule has 0 aromatic carbocycles. The molecule has 0 bridgehead atoms. The summed E-state index contributed by atoms with van der Waals surface area (Å²) in [5.41, 5.74) is 0.977. The molecule has 2 fully saturated rings. The Kier molecular flexibility index (Phi) is 4.03. The number of carbonyl (C=O) groups is 1. The average Bonchev–Trinajstić information content (AvgIpc) is 2.40. The molecule has 1 aliphatic carbocycles. The molecule has 0 atom stereocenters. The summed E-state index contributed by atoms with van der Waals surface area (Å²) in [4.78, 5) is 11.6. The monoisotopic (exact) mass is 249 g/mol. The number of hydrogen-bond donors (Lipinski definition) is 0. The van der Waals surface area contributed by atoms with Gasteiger partial charge in [0.1, 0.15) is 11.6 Å². The molecule has 1 spiro atoms. The fourth-order valence-corrected chi connectivity index (χ4v) is 3.02. The van der Waals surface area contributed by atoms with E-state index in [4.69, 9.17) is 10.00 Å². The van der Waals surface area contributed by atoms with Crippen molar-refractivity contribution in [3.63, 3.8) is 0 Å². The van der Waals surface area contributed by atoms with Gasteiger partial charge in [-0.2, -0.15) is 5.26 Å². The molecule has 0 radical (unpaired) electrons. The first-order valence-corrected chi connectivity index (χ1v) is 6.55. The predicted molar refractivity (Wildman–Crippen MR) is 65.7 cm³/mol. The third kappa shape index (κ3) is 2.56. The van der Waals surface area contributed by atoms with Gasteiger partial charge in [0.15, 0.2) is 0 Å². The second-order valence-corrected chi connectivity index (χ2v) is 5.10. The molecule has 4 heteroatoms. The molecule has 2 rings (SSSR count). The van der Waals surface area contributed by atoms with Crippen LogP contribution in [0.2, 0.25) is 0 Å². The molecule has 1 aliphatic heterocycles. The average molecular weight is 249 g/mol. The SMILES string of the molecule is COC(=O)/C(C#N)=C1/CCOC2(CCCCC2)C1. The van der Waals surface area contributed by atoms with Crippen molar-refractivity contribution in [1.29, 1.82) is 5.26 Å². The number of carbonyl (C=O) groups excluding carboxylic acids is 1. The van der Waals surface area contributed by atoms with Crippen molar-refractivity contribution in [3.8, 4) is 6.07 Å². The number of hydrogen-bond acceptors (Lipinski definition) is 4. The summed E-state index contributed by atoms with van der Waals surface area (Å²) < 4.78 is 10.6. The van der Waals surface area contributed by atoms with Crippen molar-refractivity contribution in [2.45, 2.75) is 50.5 Å². The molecule has 18 heavy (non-hydrogen) atoms. The molecule has 0 N–H and O–H groups in total. The van der Waals surface area contributed by atoms with Crippen molar-refractivity contribution >= 4 is 5.97 Å². The van der Waals surface area contributed by atoms with Crippen LogP contribution in [0.25, 0.3) is 0 Å². The molecular formula is C14H19NO3. The van der Waals surface area contributed by atoms with E-state index in [0.29, 0.717) is 19.4 Å². The lowest BCUT2D eigenvalue weighted by Gasteiger charge is -2.41. The largest absolute Gasteiger partial charge is 0.465 e. The van der Waals surface area contributed by atoms with Crippen LogP contribution in [-0.2, 0) is 14.3 Å². The molecule has 1 saturated heterocycles. The topological polar surface area (TPSA) is 59.3 Å².